The number of hydrogen-bond acceptors (Lipinski definition) is 2. The van der Waals surface area contributed by atoms with Gasteiger partial charge in [0.1, 0.15) is 8.24 Å². The number of nitrogens with one attached hydrogen (secondary N) is 2. The van der Waals surface area contributed by atoms with E-state index in [1.807, 2.05) is 0 Å². The lowest BCUT2D eigenvalue weighted by molar-refractivity contribution is 0.669. The van der Waals surface area contributed by atoms with E-state index in [4.69, 9.17) is 4.78 Å². The summed E-state index contributed by atoms with van der Waals surface area (Å²) in [6, 6.07) is 0. The summed E-state index contributed by atoms with van der Waals surface area (Å²) in [5.74, 6) is 0. The third kappa shape index (κ3) is 3.69. The fourth-order valence-electron chi connectivity index (χ4n) is 0.640. The molecule has 74 valence electrons. The summed E-state index contributed by atoms with van der Waals surface area (Å²) >= 11 is 0. The molecule has 0 fully saturated rings. The Hall–Kier alpha value is 0.127. The normalized spacial score (nSPS) is 18.8. The van der Waals surface area contributed by atoms with Crippen LogP contribution in [0.3, 0.4) is 0 Å². The second-order valence-corrected chi connectivity index (χ2v) is 12.1. The van der Waals surface area contributed by atoms with Gasteiger partial charge in [0, 0.05) is 6.26 Å². The number of rotatable bonds is 2. The predicted molar refractivity (Wildman–Crippen MR) is 57.1 cm³/mol. The van der Waals surface area contributed by atoms with Gasteiger partial charge in [0.05, 0.1) is 9.92 Å². The monoisotopic (exact) mass is 208 g/mol. The van der Waals surface area contributed by atoms with E-state index < -0.39 is 18.2 Å². The molecule has 0 rings (SSSR count). The van der Waals surface area contributed by atoms with Gasteiger partial charge in [0.25, 0.3) is 0 Å². The van der Waals surface area contributed by atoms with Crippen LogP contribution in [0.25, 0.3) is 0 Å². The molecule has 0 aliphatic rings. The summed E-state index contributed by atoms with van der Waals surface area (Å²) in [5, 5.41) is 0.132. The first kappa shape index (κ1) is 12.1. The Kier molecular flexibility index (Phi) is 3.15. The van der Waals surface area contributed by atoms with Crippen LogP contribution in [0.15, 0.2) is 0 Å². The Morgan fingerprint density at radius 1 is 1.33 bits per heavy atom. The van der Waals surface area contributed by atoms with Crippen molar-refractivity contribution < 1.29 is 4.21 Å². The molecule has 0 radical (unpaired) electrons. The third-order valence-electron chi connectivity index (χ3n) is 2.32. The van der Waals surface area contributed by atoms with Gasteiger partial charge < -0.3 is 0 Å². The van der Waals surface area contributed by atoms with Crippen molar-refractivity contribution in [3.63, 3.8) is 0 Å². The maximum atomic E-state index is 11.2. The lowest BCUT2D eigenvalue weighted by Gasteiger charge is -2.37. The van der Waals surface area contributed by atoms with E-state index in [1.165, 1.54) is 6.26 Å². The Labute approximate surface area is 77.1 Å². The molecule has 0 spiro atoms. The molecule has 0 aromatic rings. The zero-order valence-electron chi connectivity index (χ0n) is 8.82. The topological polar surface area (TPSA) is 53.0 Å². The molecular formula is C7H20N2OSSi. The van der Waals surface area contributed by atoms with Crippen LogP contribution >= 0.6 is 0 Å². The van der Waals surface area contributed by atoms with E-state index in [0.717, 1.165) is 0 Å². The highest BCUT2D eigenvalue weighted by Crippen LogP contribution is 2.33. The fraction of sp³-hybridized carbons (Fsp3) is 1.00. The minimum atomic E-state index is -2.55. The van der Waals surface area contributed by atoms with Gasteiger partial charge in [0.2, 0.25) is 0 Å². The summed E-state index contributed by atoms with van der Waals surface area (Å²) < 4.78 is 21.5. The highest BCUT2D eigenvalue weighted by molar-refractivity contribution is 7.91. The average Bonchev–Trinajstić information content (AvgIpc) is 1.52. The standard InChI is InChI=1S/C7H20N2OSSi/c1-7(2,3)12(5,6)9-11(4,8)10/h1-6H3,(H2,8,9,10). The molecule has 2 N–H and O–H groups in total. The molecule has 0 aliphatic carbocycles. The van der Waals surface area contributed by atoms with E-state index in [-0.39, 0.29) is 5.04 Å². The van der Waals surface area contributed by atoms with Crippen LogP contribution in [-0.2, 0) is 9.92 Å². The van der Waals surface area contributed by atoms with Crippen molar-refractivity contribution >= 4 is 18.2 Å². The van der Waals surface area contributed by atoms with Gasteiger partial charge >= 0.3 is 0 Å². The smallest absolute Gasteiger partial charge is 0.140 e. The average molecular weight is 208 g/mol. The minimum absolute atomic E-state index is 0.132. The molecule has 0 aromatic carbocycles. The molecule has 0 saturated heterocycles. The molecule has 0 heterocycles. The summed E-state index contributed by atoms with van der Waals surface area (Å²) in [6.45, 7) is 10.6. The highest BCUT2D eigenvalue weighted by atomic mass is 32.2. The van der Waals surface area contributed by atoms with Gasteiger partial charge in [-0.2, -0.15) is 0 Å². The maximum Gasteiger partial charge on any atom is 0.140 e. The molecular weight excluding hydrogens is 188 g/mol. The van der Waals surface area contributed by atoms with Gasteiger partial charge in [-0.3, -0.25) is 4.39 Å². The maximum absolute atomic E-state index is 11.2. The summed E-state index contributed by atoms with van der Waals surface area (Å²) in [6.07, 6.45) is 1.44. The Bertz CT molecular complexity index is 251. The largest absolute Gasteiger partial charge is 0.253 e. The summed E-state index contributed by atoms with van der Waals surface area (Å²) in [7, 11) is -4.31. The molecule has 0 amide bonds. The SMILES string of the molecule is CC(C)(C)[Si](C)(C)NS(C)(=N)=O. The van der Waals surface area contributed by atoms with Crippen LogP contribution in [0.5, 0.6) is 0 Å². The molecule has 0 aliphatic heterocycles. The third-order valence-corrected chi connectivity index (χ3v) is 9.67. The van der Waals surface area contributed by atoms with Crippen molar-refractivity contribution in [3.05, 3.63) is 0 Å². The van der Waals surface area contributed by atoms with Crippen molar-refractivity contribution in [2.24, 2.45) is 0 Å². The lowest BCUT2D eigenvalue weighted by atomic mass is 10.2. The van der Waals surface area contributed by atoms with E-state index in [2.05, 4.69) is 38.3 Å². The predicted octanol–water partition coefficient (Wildman–Crippen LogP) is 2.17. The van der Waals surface area contributed by atoms with Crippen molar-refractivity contribution in [2.75, 3.05) is 6.26 Å². The van der Waals surface area contributed by atoms with Gasteiger partial charge in [-0.15, -0.1) is 0 Å². The van der Waals surface area contributed by atoms with Crippen LogP contribution < -0.4 is 4.39 Å². The molecule has 0 saturated carbocycles. The zero-order valence-corrected chi connectivity index (χ0v) is 10.6. The Morgan fingerprint density at radius 3 is 1.75 bits per heavy atom. The molecule has 12 heavy (non-hydrogen) atoms. The Morgan fingerprint density at radius 2 is 1.67 bits per heavy atom. The first-order chi connectivity index (χ1) is 4.96. The molecule has 3 nitrogen and oxygen atoms in total. The van der Waals surface area contributed by atoms with Crippen molar-refractivity contribution in [3.8, 4) is 0 Å². The van der Waals surface area contributed by atoms with Crippen LogP contribution in [-0.4, -0.2) is 18.7 Å². The molecule has 0 bridgehead atoms. The van der Waals surface area contributed by atoms with Crippen molar-refractivity contribution in [2.45, 2.75) is 38.9 Å². The first-order valence-electron chi connectivity index (χ1n) is 3.98. The fourth-order valence-corrected chi connectivity index (χ4v) is 5.76. The number of hydrogen-bond donors (Lipinski definition) is 2. The van der Waals surface area contributed by atoms with Gasteiger partial charge in [-0.05, 0) is 5.04 Å². The molecule has 0 aromatic heterocycles. The zero-order chi connectivity index (χ0) is 10.2. The van der Waals surface area contributed by atoms with Gasteiger partial charge in [-0.25, -0.2) is 8.99 Å². The molecule has 5 heteroatoms. The lowest BCUT2D eigenvalue weighted by Crippen LogP contribution is -2.53. The van der Waals surface area contributed by atoms with E-state index in [1.54, 1.807) is 0 Å². The van der Waals surface area contributed by atoms with Gasteiger partial charge in [0.15, 0.2) is 0 Å². The Balaban J connectivity index is 4.67. The van der Waals surface area contributed by atoms with Crippen LogP contribution in [0.2, 0.25) is 18.1 Å². The van der Waals surface area contributed by atoms with E-state index in [9.17, 15) is 4.21 Å². The van der Waals surface area contributed by atoms with E-state index >= 15 is 0 Å². The van der Waals surface area contributed by atoms with E-state index in [0.29, 0.717) is 0 Å². The van der Waals surface area contributed by atoms with Crippen molar-refractivity contribution in [1.29, 1.82) is 4.78 Å². The first-order valence-corrected chi connectivity index (χ1v) is 8.95. The van der Waals surface area contributed by atoms with Gasteiger partial charge in [-0.1, -0.05) is 33.9 Å². The van der Waals surface area contributed by atoms with Crippen molar-refractivity contribution in [1.82, 2.24) is 4.39 Å². The molecule has 1 atom stereocenters. The minimum Gasteiger partial charge on any atom is -0.253 e. The summed E-state index contributed by atoms with van der Waals surface area (Å²) in [5.41, 5.74) is 0. The summed E-state index contributed by atoms with van der Waals surface area (Å²) in [4.78, 5) is 0. The quantitative estimate of drug-likeness (QED) is 0.671. The second kappa shape index (κ2) is 3.12. The van der Waals surface area contributed by atoms with Crippen LogP contribution in [0.4, 0.5) is 0 Å². The van der Waals surface area contributed by atoms with Crippen LogP contribution in [0.1, 0.15) is 20.8 Å². The highest BCUT2D eigenvalue weighted by Gasteiger charge is 2.36. The van der Waals surface area contributed by atoms with Crippen LogP contribution in [0, 0.1) is 4.78 Å². The molecule has 1 unspecified atom stereocenters. The second-order valence-electron chi connectivity index (χ2n) is 4.82.